The smallest absolute Gasteiger partial charge is 0.257 e. The molecule has 0 saturated heterocycles. The molecule has 4 rings (SSSR count). The van der Waals surface area contributed by atoms with Gasteiger partial charge in [0.1, 0.15) is 0 Å². The van der Waals surface area contributed by atoms with Crippen LogP contribution in [0.25, 0.3) is 0 Å². The number of hydrogen-bond donors (Lipinski definition) is 2. The number of carbonyl (C=O) groups is 2. The highest BCUT2D eigenvalue weighted by atomic mass is 35.5. The van der Waals surface area contributed by atoms with Gasteiger partial charge in [-0.1, -0.05) is 17.7 Å². The number of carbonyl (C=O) groups excluding carboxylic acids is 2. The van der Waals surface area contributed by atoms with Gasteiger partial charge in [0.25, 0.3) is 15.9 Å². The summed E-state index contributed by atoms with van der Waals surface area (Å²) in [5, 5.41) is 6.05. The molecule has 2 aromatic rings. The van der Waals surface area contributed by atoms with Crippen molar-refractivity contribution in [2.45, 2.75) is 11.8 Å². The normalized spacial score (nSPS) is 16.3. The SMILES string of the molecule is Cc1ccc(NC(=O)CNC(=O)c2ccc3c(c2)SC2=NS(=O)(=O)CCN23)c(Cl)c1. The van der Waals surface area contributed by atoms with E-state index in [4.69, 9.17) is 11.6 Å². The maximum absolute atomic E-state index is 12.5. The first-order chi connectivity index (χ1) is 14.2. The second-order valence-electron chi connectivity index (χ2n) is 6.81. The third kappa shape index (κ3) is 4.30. The molecule has 0 radical (unpaired) electrons. The van der Waals surface area contributed by atoms with Crippen LogP contribution >= 0.6 is 23.4 Å². The summed E-state index contributed by atoms with van der Waals surface area (Å²) in [5.74, 6) is -0.858. The van der Waals surface area contributed by atoms with Crippen LogP contribution in [0.1, 0.15) is 15.9 Å². The van der Waals surface area contributed by atoms with Gasteiger partial charge in [0.2, 0.25) is 5.91 Å². The van der Waals surface area contributed by atoms with E-state index in [-0.39, 0.29) is 12.3 Å². The molecule has 0 spiro atoms. The maximum atomic E-state index is 12.5. The summed E-state index contributed by atoms with van der Waals surface area (Å²) in [6.45, 7) is 2.00. The standard InChI is InChI=1S/C19H17ClN4O4S2/c1-11-2-4-14(13(20)8-11)22-17(25)10-21-18(26)12-3-5-15-16(9-12)29-19-23-30(27,28)7-6-24(15)19/h2-5,8-9H,6-7,10H2,1H3,(H,21,26)(H,22,25). The van der Waals surface area contributed by atoms with E-state index >= 15 is 0 Å². The first-order valence-electron chi connectivity index (χ1n) is 8.98. The van der Waals surface area contributed by atoms with Gasteiger partial charge < -0.3 is 15.5 Å². The molecule has 156 valence electrons. The van der Waals surface area contributed by atoms with Gasteiger partial charge in [-0.05, 0) is 54.6 Å². The third-order valence-electron chi connectivity index (χ3n) is 4.54. The Kier molecular flexibility index (Phi) is 5.48. The summed E-state index contributed by atoms with van der Waals surface area (Å²) < 4.78 is 27.2. The number of thioether (sulfide) groups is 1. The number of hydrogen-bond acceptors (Lipinski definition) is 6. The first kappa shape index (κ1) is 20.7. The maximum Gasteiger partial charge on any atom is 0.257 e. The molecule has 0 aromatic heterocycles. The van der Waals surface area contributed by atoms with E-state index in [9.17, 15) is 18.0 Å². The number of aryl methyl sites for hydroxylation is 1. The van der Waals surface area contributed by atoms with Gasteiger partial charge in [0.05, 0.1) is 28.7 Å². The van der Waals surface area contributed by atoms with Crippen molar-refractivity contribution >= 4 is 61.7 Å². The fourth-order valence-electron chi connectivity index (χ4n) is 3.05. The number of amides is 2. The largest absolute Gasteiger partial charge is 0.343 e. The van der Waals surface area contributed by atoms with E-state index < -0.39 is 21.8 Å². The van der Waals surface area contributed by atoms with E-state index in [2.05, 4.69) is 15.0 Å². The van der Waals surface area contributed by atoms with Crippen LogP contribution in [-0.2, 0) is 14.8 Å². The minimum atomic E-state index is -3.44. The molecule has 2 aromatic carbocycles. The molecule has 2 aliphatic rings. The van der Waals surface area contributed by atoms with Gasteiger partial charge in [0.15, 0.2) is 5.17 Å². The van der Waals surface area contributed by atoms with E-state index in [1.165, 1.54) is 11.8 Å². The zero-order valence-electron chi connectivity index (χ0n) is 15.8. The van der Waals surface area contributed by atoms with Gasteiger partial charge in [0, 0.05) is 17.0 Å². The summed E-state index contributed by atoms with van der Waals surface area (Å²) in [5.41, 5.74) is 2.63. The quantitative estimate of drug-likeness (QED) is 0.720. The molecule has 0 bridgehead atoms. The molecule has 2 N–H and O–H groups in total. The minimum Gasteiger partial charge on any atom is -0.343 e. The molecule has 0 saturated carbocycles. The molecule has 2 aliphatic heterocycles. The topological polar surface area (TPSA) is 108 Å². The number of amidine groups is 1. The monoisotopic (exact) mass is 464 g/mol. The molecule has 30 heavy (non-hydrogen) atoms. The summed E-state index contributed by atoms with van der Waals surface area (Å²) >= 11 is 7.31. The van der Waals surface area contributed by atoms with E-state index in [0.717, 1.165) is 16.1 Å². The van der Waals surface area contributed by atoms with Crippen LogP contribution in [0.2, 0.25) is 5.02 Å². The summed E-state index contributed by atoms with van der Waals surface area (Å²) in [7, 11) is -3.44. The van der Waals surface area contributed by atoms with Crippen LogP contribution in [0.4, 0.5) is 11.4 Å². The predicted octanol–water partition coefficient (Wildman–Crippen LogP) is 2.63. The van der Waals surface area contributed by atoms with Crippen molar-refractivity contribution < 1.29 is 18.0 Å². The van der Waals surface area contributed by atoms with Crippen LogP contribution in [0.5, 0.6) is 0 Å². The number of nitrogens with one attached hydrogen (secondary N) is 2. The highest BCUT2D eigenvalue weighted by Gasteiger charge is 2.33. The van der Waals surface area contributed by atoms with Crippen molar-refractivity contribution in [1.82, 2.24) is 5.32 Å². The lowest BCUT2D eigenvalue weighted by Crippen LogP contribution is -2.35. The Morgan fingerprint density at radius 2 is 2.03 bits per heavy atom. The van der Waals surface area contributed by atoms with E-state index in [0.29, 0.717) is 28.0 Å². The number of benzene rings is 2. The average Bonchev–Trinajstić information content (AvgIpc) is 3.03. The summed E-state index contributed by atoms with van der Waals surface area (Å²) in [6.07, 6.45) is 0. The summed E-state index contributed by atoms with van der Waals surface area (Å²) in [4.78, 5) is 27.2. The van der Waals surface area contributed by atoms with Crippen molar-refractivity contribution in [1.29, 1.82) is 0 Å². The lowest BCUT2D eigenvalue weighted by atomic mass is 10.2. The lowest BCUT2D eigenvalue weighted by molar-refractivity contribution is -0.115. The molecule has 8 nitrogen and oxygen atoms in total. The van der Waals surface area contributed by atoms with Gasteiger partial charge in [-0.25, -0.2) is 8.42 Å². The van der Waals surface area contributed by atoms with Crippen molar-refractivity contribution in [3.8, 4) is 0 Å². The summed E-state index contributed by atoms with van der Waals surface area (Å²) in [6, 6.07) is 10.3. The zero-order valence-corrected chi connectivity index (χ0v) is 18.2. The second kappa shape index (κ2) is 7.93. The lowest BCUT2D eigenvalue weighted by Gasteiger charge is -2.22. The van der Waals surface area contributed by atoms with Gasteiger partial charge in [-0.2, -0.15) is 0 Å². The molecular weight excluding hydrogens is 448 g/mol. The number of halogens is 1. The van der Waals surface area contributed by atoms with Gasteiger partial charge in [-0.15, -0.1) is 4.40 Å². The van der Waals surface area contributed by atoms with Crippen LogP contribution in [0.15, 0.2) is 45.7 Å². The zero-order chi connectivity index (χ0) is 21.5. The number of nitrogens with zero attached hydrogens (tertiary/aromatic N) is 2. The Hall–Kier alpha value is -2.56. The number of rotatable bonds is 4. The highest BCUT2D eigenvalue weighted by Crippen LogP contribution is 2.42. The van der Waals surface area contributed by atoms with Crippen LogP contribution in [-0.4, -0.2) is 44.2 Å². The fraction of sp³-hybridized carbons (Fsp3) is 0.211. The van der Waals surface area contributed by atoms with Crippen LogP contribution in [0.3, 0.4) is 0 Å². The van der Waals surface area contributed by atoms with Crippen LogP contribution in [0, 0.1) is 6.92 Å². The van der Waals surface area contributed by atoms with E-state index in [1.54, 1.807) is 30.3 Å². The molecule has 0 atom stereocenters. The van der Waals surface area contributed by atoms with Crippen molar-refractivity contribution in [3.05, 3.63) is 52.5 Å². The second-order valence-corrected chi connectivity index (χ2v) is 9.98. The average molecular weight is 465 g/mol. The number of sulfonamides is 1. The van der Waals surface area contributed by atoms with Crippen molar-refractivity contribution in [2.24, 2.45) is 4.40 Å². The van der Waals surface area contributed by atoms with Crippen molar-refractivity contribution in [3.63, 3.8) is 0 Å². The molecule has 11 heteroatoms. The van der Waals surface area contributed by atoms with Crippen molar-refractivity contribution in [2.75, 3.05) is 29.1 Å². The number of fused-ring (bicyclic) bond motifs is 3. The molecule has 2 amide bonds. The molecule has 0 unspecified atom stereocenters. The fourth-order valence-corrected chi connectivity index (χ4v) is 5.63. The van der Waals surface area contributed by atoms with E-state index in [1.807, 2.05) is 17.9 Å². The van der Waals surface area contributed by atoms with Gasteiger partial charge in [-0.3, -0.25) is 9.59 Å². The Morgan fingerprint density at radius 1 is 1.23 bits per heavy atom. The first-order valence-corrected chi connectivity index (χ1v) is 11.8. The predicted molar refractivity (Wildman–Crippen MR) is 118 cm³/mol. The number of anilines is 2. The third-order valence-corrected chi connectivity index (χ3v) is 7.16. The molecule has 0 fully saturated rings. The van der Waals surface area contributed by atoms with Gasteiger partial charge >= 0.3 is 0 Å². The highest BCUT2D eigenvalue weighted by molar-refractivity contribution is 8.15. The Bertz CT molecular complexity index is 1200. The van der Waals surface area contributed by atoms with Crippen LogP contribution < -0.4 is 15.5 Å². The Labute approximate surface area is 182 Å². The Morgan fingerprint density at radius 3 is 2.80 bits per heavy atom. The molecule has 0 aliphatic carbocycles. The molecule has 2 heterocycles. The minimum absolute atomic E-state index is 0.0428. The Balaban J connectivity index is 1.40. The molecular formula is C19H17ClN4O4S2.